The Kier molecular flexibility index (Phi) is 5.96. The van der Waals surface area contributed by atoms with E-state index in [9.17, 15) is 9.59 Å². The lowest BCUT2D eigenvalue weighted by molar-refractivity contribution is 0.0519. The monoisotopic (exact) mass is 397 g/mol. The van der Waals surface area contributed by atoms with E-state index in [1.807, 2.05) is 24.3 Å². The average molecular weight is 397 g/mol. The van der Waals surface area contributed by atoms with E-state index in [0.717, 1.165) is 11.3 Å². The molecule has 2 aromatic heterocycles. The van der Waals surface area contributed by atoms with E-state index in [0.29, 0.717) is 29.1 Å². The van der Waals surface area contributed by atoms with Crippen LogP contribution < -0.4 is 10.1 Å². The van der Waals surface area contributed by atoms with Crippen molar-refractivity contribution in [2.45, 2.75) is 27.2 Å². The molecular formula is C20H23N5O4. The molecule has 3 rings (SSSR count). The minimum Gasteiger partial charge on any atom is -0.497 e. The van der Waals surface area contributed by atoms with Crippen molar-refractivity contribution in [2.24, 2.45) is 0 Å². The van der Waals surface area contributed by atoms with Gasteiger partial charge in [0.25, 0.3) is 5.91 Å². The summed E-state index contributed by atoms with van der Waals surface area (Å²) in [6.07, 6.45) is 0.530. The molecule has 9 heteroatoms. The topological polar surface area (TPSA) is 122 Å². The molecule has 152 valence electrons. The number of rotatable bonds is 7. The third kappa shape index (κ3) is 4.45. The van der Waals surface area contributed by atoms with Gasteiger partial charge in [0.1, 0.15) is 17.3 Å². The molecule has 9 nitrogen and oxygen atoms in total. The van der Waals surface area contributed by atoms with Crippen LogP contribution in [0.3, 0.4) is 0 Å². The van der Waals surface area contributed by atoms with Crippen molar-refractivity contribution in [1.82, 2.24) is 20.2 Å². The van der Waals surface area contributed by atoms with Gasteiger partial charge in [-0.3, -0.25) is 15.2 Å². The van der Waals surface area contributed by atoms with Crippen LogP contribution in [0.5, 0.6) is 5.75 Å². The highest BCUT2D eigenvalue weighted by Gasteiger charge is 2.23. The van der Waals surface area contributed by atoms with Crippen molar-refractivity contribution >= 4 is 17.8 Å². The molecule has 3 N–H and O–H groups in total. The predicted molar refractivity (Wildman–Crippen MR) is 106 cm³/mol. The van der Waals surface area contributed by atoms with Crippen LogP contribution in [0.1, 0.15) is 50.4 Å². The quantitative estimate of drug-likeness (QED) is 0.527. The first-order valence-corrected chi connectivity index (χ1v) is 9.14. The fraction of sp³-hybridized carbons (Fsp3) is 0.300. The van der Waals surface area contributed by atoms with E-state index < -0.39 is 11.9 Å². The van der Waals surface area contributed by atoms with Crippen molar-refractivity contribution in [3.05, 3.63) is 58.2 Å². The maximum atomic E-state index is 12.7. The molecule has 0 saturated heterocycles. The van der Waals surface area contributed by atoms with Gasteiger partial charge in [0.15, 0.2) is 0 Å². The van der Waals surface area contributed by atoms with Gasteiger partial charge in [0, 0.05) is 12.1 Å². The minimum absolute atomic E-state index is 0.163. The Morgan fingerprint density at radius 1 is 1.17 bits per heavy atom. The van der Waals surface area contributed by atoms with Crippen molar-refractivity contribution in [3.63, 3.8) is 0 Å². The Bertz CT molecular complexity index is 1020. The highest BCUT2D eigenvalue weighted by atomic mass is 16.5. The van der Waals surface area contributed by atoms with Crippen LogP contribution in [-0.4, -0.2) is 45.8 Å². The van der Waals surface area contributed by atoms with Gasteiger partial charge in [-0.05, 0) is 44.0 Å². The number of methoxy groups -OCH3 is 1. The van der Waals surface area contributed by atoms with Crippen LogP contribution in [-0.2, 0) is 11.2 Å². The summed E-state index contributed by atoms with van der Waals surface area (Å²) in [4.78, 5) is 31.9. The second-order valence-electron chi connectivity index (χ2n) is 6.43. The van der Waals surface area contributed by atoms with Crippen molar-refractivity contribution < 1.29 is 19.1 Å². The molecule has 0 aliphatic carbocycles. The van der Waals surface area contributed by atoms with Crippen LogP contribution in [0.4, 0.5) is 5.95 Å². The number of aromatic nitrogens is 4. The molecule has 1 aromatic carbocycles. The zero-order valence-corrected chi connectivity index (χ0v) is 16.8. The summed E-state index contributed by atoms with van der Waals surface area (Å²) >= 11 is 0. The van der Waals surface area contributed by atoms with E-state index in [4.69, 9.17) is 9.47 Å². The lowest BCUT2D eigenvalue weighted by Crippen LogP contribution is -2.15. The van der Waals surface area contributed by atoms with Crippen LogP contribution in [0.25, 0.3) is 0 Å². The second-order valence-corrected chi connectivity index (χ2v) is 6.43. The number of aromatic amines is 2. The SMILES string of the molecule is CCOC(=O)c1[nH]c(C)c(C(=O)Nc2n[nH]c(Cc3ccc(OC)cc3)n2)c1C. The molecule has 0 saturated carbocycles. The molecule has 0 fully saturated rings. The second kappa shape index (κ2) is 8.59. The van der Waals surface area contributed by atoms with Crippen molar-refractivity contribution in [2.75, 3.05) is 19.0 Å². The van der Waals surface area contributed by atoms with E-state index >= 15 is 0 Å². The fourth-order valence-electron chi connectivity index (χ4n) is 3.03. The first kappa shape index (κ1) is 20.1. The number of anilines is 1. The van der Waals surface area contributed by atoms with Gasteiger partial charge in [-0.25, -0.2) is 4.79 Å². The Balaban J connectivity index is 1.71. The average Bonchev–Trinajstić information content (AvgIpc) is 3.25. The summed E-state index contributed by atoms with van der Waals surface area (Å²) in [5.41, 5.74) is 2.75. The molecule has 0 aliphatic heterocycles. The maximum Gasteiger partial charge on any atom is 0.355 e. The molecule has 0 radical (unpaired) electrons. The molecule has 0 spiro atoms. The number of nitrogens with one attached hydrogen (secondary N) is 3. The Hall–Kier alpha value is -3.62. The molecule has 0 bridgehead atoms. The van der Waals surface area contributed by atoms with Crippen LogP contribution in [0.2, 0.25) is 0 Å². The summed E-state index contributed by atoms with van der Waals surface area (Å²) in [5.74, 6) is 0.656. The maximum absolute atomic E-state index is 12.7. The number of carbonyl (C=O) groups is 2. The summed E-state index contributed by atoms with van der Waals surface area (Å²) in [6, 6.07) is 7.60. The first-order chi connectivity index (χ1) is 13.9. The number of carbonyl (C=O) groups excluding carboxylic acids is 2. The summed E-state index contributed by atoms with van der Waals surface area (Å²) < 4.78 is 10.2. The third-order valence-electron chi connectivity index (χ3n) is 4.43. The number of hydrogen-bond donors (Lipinski definition) is 3. The summed E-state index contributed by atoms with van der Waals surface area (Å²) in [5, 5.41) is 9.53. The number of amides is 1. The Morgan fingerprint density at radius 3 is 2.55 bits per heavy atom. The highest BCUT2D eigenvalue weighted by Crippen LogP contribution is 2.20. The smallest absolute Gasteiger partial charge is 0.355 e. The van der Waals surface area contributed by atoms with Crippen molar-refractivity contribution in [1.29, 1.82) is 0 Å². The van der Waals surface area contributed by atoms with Crippen LogP contribution in [0.15, 0.2) is 24.3 Å². The predicted octanol–water partition coefficient (Wildman–Crippen LogP) is 2.78. The number of H-pyrrole nitrogens is 2. The lowest BCUT2D eigenvalue weighted by atomic mass is 10.1. The number of ether oxygens (including phenoxy) is 2. The van der Waals surface area contributed by atoms with Gasteiger partial charge in [-0.15, -0.1) is 5.10 Å². The normalized spacial score (nSPS) is 10.6. The van der Waals surface area contributed by atoms with Gasteiger partial charge >= 0.3 is 5.97 Å². The lowest BCUT2D eigenvalue weighted by Gasteiger charge is -2.03. The van der Waals surface area contributed by atoms with Gasteiger partial charge in [-0.2, -0.15) is 4.98 Å². The van der Waals surface area contributed by atoms with E-state index in [-0.39, 0.29) is 18.2 Å². The van der Waals surface area contributed by atoms with E-state index in [2.05, 4.69) is 25.5 Å². The molecule has 3 aromatic rings. The van der Waals surface area contributed by atoms with Gasteiger partial charge in [0.2, 0.25) is 5.95 Å². The largest absolute Gasteiger partial charge is 0.497 e. The number of esters is 1. The third-order valence-corrected chi connectivity index (χ3v) is 4.43. The van der Waals surface area contributed by atoms with Gasteiger partial charge in [0.05, 0.1) is 19.3 Å². The summed E-state index contributed by atoms with van der Waals surface area (Å²) in [7, 11) is 1.62. The number of nitrogens with zero attached hydrogens (tertiary/aromatic N) is 2. The fourth-order valence-corrected chi connectivity index (χ4v) is 3.03. The molecule has 29 heavy (non-hydrogen) atoms. The first-order valence-electron chi connectivity index (χ1n) is 9.14. The van der Waals surface area contributed by atoms with Gasteiger partial charge < -0.3 is 14.5 Å². The van der Waals surface area contributed by atoms with Crippen molar-refractivity contribution in [3.8, 4) is 5.75 Å². The van der Waals surface area contributed by atoms with Crippen LogP contribution in [0, 0.1) is 13.8 Å². The Labute approximate surface area is 167 Å². The van der Waals surface area contributed by atoms with Gasteiger partial charge in [-0.1, -0.05) is 12.1 Å². The number of benzene rings is 1. The molecule has 2 heterocycles. The molecule has 1 amide bonds. The van der Waals surface area contributed by atoms with E-state index in [1.54, 1.807) is 27.9 Å². The standard InChI is InChI=1S/C20H23N5O4/c1-5-29-19(27)17-11(2)16(12(3)21-17)18(26)23-20-22-15(24-25-20)10-13-6-8-14(28-4)9-7-13/h6-9,21H,5,10H2,1-4H3,(H2,22,23,24,25,26). The minimum atomic E-state index is -0.494. The molecule has 0 unspecified atom stereocenters. The van der Waals surface area contributed by atoms with E-state index in [1.165, 1.54) is 0 Å². The molecule has 0 atom stereocenters. The Morgan fingerprint density at radius 2 is 1.90 bits per heavy atom. The number of aryl methyl sites for hydroxylation is 1. The molecular weight excluding hydrogens is 374 g/mol. The van der Waals surface area contributed by atoms with Crippen LogP contribution >= 0.6 is 0 Å². The molecule has 0 aliphatic rings. The zero-order valence-electron chi connectivity index (χ0n) is 16.8. The summed E-state index contributed by atoms with van der Waals surface area (Å²) in [6.45, 7) is 5.39. The number of hydrogen-bond acceptors (Lipinski definition) is 6. The highest BCUT2D eigenvalue weighted by molar-refractivity contribution is 6.07. The zero-order chi connectivity index (χ0) is 21.0.